The molecule has 1 aliphatic carbocycles. The van der Waals surface area contributed by atoms with Crippen LogP contribution < -0.4 is 0 Å². The van der Waals surface area contributed by atoms with Gasteiger partial charge in [-0.25, -0.2) is 0 Å². The van der Waals surface area contributed by atoms with E-state index in [9.17, 15) is 0 Å². The second-order valence-corrected chi connectivity index (χ2v) is 6.12. The number of imidazole rings is 1. The molecule has 4 heteroatoms. The highest BCUT2D eigenvalue weighted by molar-refractivity contribution is 7.71. The summed E-state index contributed by atoms with van der Waals surface area (Å²) in [6, 6.07) is 6.32. The van der Waals surface area contributed by atoms with Crippen LogP contribution in [-0.2, 0) is 11.3 Å². The first kappa shape index (κ1) is 12.9. The molecule has 1 heterocycles. The molecule has 1 aromatic heterocycles. The SMILES string of the molecule is COCCC1(Cn2c(=S)[nH]c3cccc(C)c32)CC1. The average Bonchev–Trinajstić information content (AvgIpc) is 3.07. The van der Waals surface area contributed by atoms with Gasteiger partial charge in [-0.3, -0.25) is 0 Å². The standard InChI is InChI=1S/C15H20N2OS/c1-11-4-3-5-12-13(11)17(14(19)16-12)10-15(6-7-15)8-9-18-2/h3-5H,6-10H2,1-2H3,(H,16,19). The van der Waals surface area contributed by atoms with E-state index in [1.54, 1.807) is 7.11 Å². The van der Waals surface area contributed by atoms with Gasteiger partial charge in [-0.1, -0.05) is 12.1 Å². The summed E-state index contributed by atoms with van der Waals surface area (Å²) >= 11 is 5.50. The lowest BCUT2D eigenvalue weighted by Gasteiger charge is -2.16. The highest BCUT2D eigenvalue weighted by Crippen LogP contribution is 2.50. The van der Waals surface area contributed by atoms with Crippen molar-refractivity contribution in [1.82, 2.24) is 9.55 Å². The zero-order valence-corrected chi connectivity index (χ0v) is 12.3. The van der Waals surface area contributed by atoms with Crippen LogP contribution in [-0.4, -0.2) is 23.3 Å². The molecule has 19 heavy (non-hydrogen) atoms. The Kier molecular flexibility index (Phi) is 3.23. The minimum absolute atomic E-state index is 0.408. The van der Waals surface area contributed by atoms with Crippen LogP contribution in [0.25, 0.3) is 11.0 Å². The van der Waals surface area contributed by atoms with E-state index in [4.69, 9.17) is 17.0 Å². The van der Waals surface area contributed by atoms with Crippen LogP contribution in [0.1, 0.15) is 24.8 Å². The van der Waals surface area contributed by atoms with Crippen molar-refractivity contribution in [3.05, 3.63) is 28.5 Å². The predicted molar refractivity (Wildman–Crippen MR) is 80.0 cm³/mol. The molecule has 0 atom stereocenters. The summed E-state index contributed by atoms with van der Waals surface area (Å²) in [6.45, 7) is 4.00. The fourth-order valence-electron chi connectivity index (χ4n) is 2.87. The summed E-state index contributed by atoms with van der Waals surface area (Å²) in [5.41, 5.74) is 4.10. The molecule has 1 saturated carbocycles. The first-order valence-electron chi connectivity index (χ1n) is 6.82. The fourth-order valence-corrected chi connectivity index (χ4v) is 3.14. The molecule has 1 aromatic carbocycles. The molecule has 3 rings (SSSR count). The number of hydrogen-bond acceptors (Lipinski definition) is 2. The number of ether oxygens (including phenoxy) is 1. The van der Waals surface area contributed by atoms with Gasteiger partial charge in [0.15, 0.2) is 4.77 Å². The number of benzene rings is 1. The number of aryl methyl sites for hydroxylation is 1. The monoisotopic (exact) mass is 276 g/mol. The van der Waals surface area contributed by atoms with E-state index in [-0.39, 0.29) is 0 Å². The van der Waals surface area contributed by atoms with Gasteiger partial charge in [0, 0.05) is 20.3 Å². The quantitative estimate of drug-likeness (QED) is 0.841. The Morgan fingerprint density at radius 1 is 1.42 bits per heavy atom. The van der Waals surface area contributed by atoms with Gasteiger partial charge in [0.05, 0.1) is 11.0 Å². The van der Waals surface area contributed by atoms with E-state index in [2.05, 4.69) is 34.7 Å². The number of para-hydroxylation sites is 1. The molecule has 1 aliphatic rings. The van der Waals surface area contributed by atoms with Gasteiger partial charge < -0.3 is 14.3 Å². The molecule has 1 N–H and O–H groups in total. The molecule has 2 aromatic rings. The fraction of sp³-hybridized carbons (Fsp3) is 0.533. The largest absolute Gasteiger partial charge is 0.385 e. The first-order chi connectivity index (χ1) is 9.15. The van der Waals surface area contributed by atoms with Crippen LogP contribution in [0.3, 0.4) is 0 Å². The Hall–Kier alpha value is -1.13. The van der Waals surface area contributed by atoms with Crippen LogP contribution in [0.4, 0.5) is 0 Å². The maximum absolute atomic E-state index is 5.50. The summed E-state index contributed by atoms with van der Waals surface area (Å²) in [7, 11) is 1.78. The van der Waals surface area contributed by atoms with Crippen LogP contribution >= 0.6 is 12.2 Å². The Morgan fingerprint density at radius 3 is 2.89 bits per heavy atom. The second-order valence-electron chi connectivity index (χ2n) is 5.73. The number of aromatic nitrogens is 2. The van der Waals surface area contributed by atoms with Crippen molar-refractivity contribution < 1.29 is 4.74 Å². The summed E-state index contributed by atoms with van der Waals surface area (Å²) in [5.74, 6) is 0. The van der Waals surface area contributed by atoms with E-state index in [0.29, 0.717) is 5.41 Å². The van der Waals surface area contributed by atoms with Gasteiger partial charge in [-0.15, -0.1) is 0 Å². The molecule has 0 saturated heterocycles. The van der Waals surface area contributed by atoms with Crippen molar-refractivity contribution in [1.29, 1.82) is 0 Å². The third-order valence-corrected chi connectivity index (χ3v) is 4.60. The van der Waals surface area contributed by atoms with Crippen LogP contribution in [0.15, 0.2) is 18.2 Å². The van der Waals surface area contributed by atoms with Crippen molar-refractivity contribution >= 4 is 23.3 Å². The van der Waals surface area contributed by atoms with Gasteiger partial charge in [0.1, 0.15) is 0 Å². The summed E-state index contributed by atoms with van der Waals surface area (Å²) in [6.07, 6.45) is 3.71. The second kappa shape index (κ2) is 4.76. The average molecular weight is 276 g/mol. The Morgan fingerprint density at radius 2 is 2.21 bits per heavy atom. The van der Waals surface area contributed by atoms with Gasteiger partial charge in [0.25, 0.3) is 0 Å². The molecule has 102 valence electrons. The van der Waals surface area contributed by atoms with Gasteiger partial charge in [-0.2, -0.15) is 0 Å². The lowest BCUT2D eigenvalue weighted by atomic mass is 10.0. The molecule has 0 aliphatic heterocycles. The minimum atomic E-state index is 0.408. The van der Waals surface area contributed by atoms with Crippen LogP contribution in [0.5, 0.6) is 0 Å². The topological polar surface area (TPSA) is 29.9 Å². The predicted octanol–water partition coefficient (Wildman–Crippen LogP) is 3.82. The summed E-state index contributed by atoms with van der Waals surface area (Å²) < 4.78 is 8.36. The molecule has 0 amide bonds. The maximum Gasteiger partial charge on any atom is 0.178 e. The molecule has 0 radical (unpaired) electrons. The smallest absolute Gasteiger partial charge is 0.178 e. The molecule has 3 nitrogen and oxygen atoms in total. The van der Waals surface area contributed by atoms with Gasteiger partial charge in [0.2, 0.25) is 0 Å². The normalized spacial score (nSPS) is 16.9. The third kappa shape index (κ3) is 2.35. The number of aromatic amines is 1. The summed E-state index contributed by atoms with van der Waals surface area (Å²) in [4.78, 5) is 3.32. The third-order valence-electron chi connectivity index (χ3n) is 4.28. The van der Waals surface area contributed by atoms with E-state index in [0.717, 1.165) is 29.9 Å². The zero-order chi connectivity index (χ0) is 13.5. The van der Waals surface area contributed by atoms with Crippen molar-refractivity contribution in [2.45, 2.75) is 32.7 Å². The molecule has 0 spiro atoms. The number of nitrogens with one attached hydrogen (secondary N) is 1. The Balaban J connectivity index is 1.97. The van der Waals surface area contributed by atoms with Crippen molar-refractivity contribution in [3.63, 3.8) is 0 Å². The number of nitrogens with zero attached hydrogens (tertiary/aromatic N) is 1. The Bertz CT molecular complexity index is 652. The highest BCUT2D eigenvalue weighted by atomic mass is 32.1. The van der Waals surface area contributed by atoms with Crippen molar-refractivity contribution in [2.24, 2.45) is 5.41 Å². The van der Waals surface area contributed by atoms with E-state index < -0.39 is 0 Å². The number of methoxy groups -OCH3 is 1. The molecular formula is C15H20N2OS. The minimum Gasteiger partial charge on any atom is -0.385 e. The molecule has 0 bridgehead atoms. The summed E-state index contributed by atoms with van der Waals surface area (Å²) in [5, 5.41) is 0. The van der Waals surface area contributed by atoms with E-state index in [1.165, 1.54) is 23.9 Å². The van der Waals surface area contributed by atoms with E-state index in [1.807, 2.05) is 0 Å². The van der Waals surface area contributed by atoms with Gasteiger partial charge in [-0.05, 0) is 55.4 Å². The van der Waals surface area contributed by atoms with Crippen molar-refractivity contribution in [2.75, 3.05) is 13.7 Å². The van der Waals surface area contributed by atoms with Gasteiger partial charge >= 0.3 is 0 Å². The lowest BCUT2D eigenvalue weighted by molar-refractivity contribution is 0.167. The molecular weight excluding hydrogens is 256 g/mol. The van der Waals surface area contributed by atoms with Crippen molar-refractivity contribution in [3.8, 4) is 0 Å². The van der Waals surface area contributed by atoms with Crippen LogP contribution in [0, 0.1) is 17.1 Å². The molecule has 1 fully saturated rings. The van der Waals surface area contributed by atoms with Crippen LogP contribution in [0.2, 0.25) is 0 Å². The zero-order valence-electron chi connectivity index (χ0n) is 11.5. The highest BCUT2D eigenvalue weighted by Gasteiger charge is 2.42. The number of H-pyrrole nitrogens is 1. The maximum atomic E-state index is 5.50. The first-order valence-corrected chi connectivity index (χ1v) is 7.23. The number of hydrogen-bond donors (Lipinski definition) is 1. The lowest BCUT2D eigenvalue weighted by Crippen LogP contribution is -2.14. The Labute approximate surface area is 118 Å². The number of rotatable bonds is 5. The van der Waals surface area contributed by atoms with E-state index >= 15 is 0 Å². The number of fused-ring (bicyclic) bond motifs is 1. The molecule has 0 unspecified atom stereocenters.